The largest absolute Gasteiger partial charge is 0.360 e. The van der Waals surface area contributed by atoms with Crippen molar-refractivity contribution in [1.82, 2.24) is 5.32 Å². The Labute approximate surface area is 108 Å². The van der Waals surface area contributed by atoms with Crippen LogP contribution in [0.5, 0.6) is 0 Å². The highest BCUT2D eigenvalue weighted by Crippen LogP contribution is 2.21. The summed E-state index contributed by atoms with van der Waals surface area (Å²) in [6, 6.07) is 8.58. The minimum atomic E-state index is 0.192. The third kappa shape index (κ3) is 3.77. The molecular formula is C14H20N2S. The maximum atomic E-state index is 4.65. The van der Waals surface area contributed by atoms with Crippen LogP contribution in [0.1, 0.15) is 31.4 Å². The van der Waals surface area contributed by atoms with Gasteiger partial charge in [-0.25, -0.2) is 0 Å². The Bertz CT molecular complexity index is 407. The van der Waals surface area contributed by atoms with Gasteiger partial charge in [-0.05, 0) is 32.8 Å². The minimum Gasteiger partial charge on any atom is -0.360 e. The highest BCUT2D eigenvalue weighted by atomic mass is 32.2. The Hall–Kier alpha value is -0.960. The van der Waals surface area contributed by atoms with E-state index in [9.17, 15) is 0 Å². The highest BCUT2D eigenvalue weighted by Gasteiger charge is 2.23. The van der Waals surface area contributed by atoms with E-state index in [0.717, 1.165) is 17.5 Å². The maximum Gasteiger partial charge on any atom is 0.157 e. The molecule has 0 radical (unpaired) electrons. The first-order valence-corrected chi connectivity index (χ1v) is 7.05. The van der Waals surface area contributed by atoms with Gasteiger partial charge in [0, 0.05) is 11.3 Å². The second-order valence-corrected chi connectivity index (χ2v) is 6.30. The second-order valence-electron chi connectivity index (χ2n) is 5.21. The first kappa shape index (κ1) is 12.5. The van der Waals surface area contributed by atoms with Crippen LogP contribution in [-0.4, -0.2) is 16.5 Å². The fourth-order valence-electron chi connectivity index (χ4n) is 1.73. The van der Waals surface area contributed by atoms with Crippen LogP contribution in [0.15, 0.2) is 29.3 Å². The lowest BCUT2D eigenvalue weighted by Crippen LogP contribution is -2.46. The normalized spacial score (nSPS) is 21.2. The molecule has 0 aromatic heterocycles. The molecule has 0 bridgehead atoms. The number of amidine groups is 1. The first-order chi connectivity index (χ1) is 8.05. The fourth-order valence-corrected chi connectivity index (χ4v) is 3.04. The van der Waals surface area contributed by atoms with Crippen LogP contribution in [0, 0.1) is 6.92 Å². The standard InChI is InChI=1S/C14H20N2S/c1-11-4-6-12(7-5-11)10-15-13-16-14(2,3)8-9-17-13/h4-7H,8-10H2,1-3H3,(H,15,16). The van der Waals surface area contributed by atoms with Gasteiger partial charge in [-0.15, -0.1) is 0 Å². The van der Waals surface area contributed by atoms with Crippen LogP contribution < -0.4 is 5.32 Å². The van der Waals surface area contributed by atoms with Gasteiger partial charge in [-0.1, -0.05) is 41.6 Å². The lowest BCUT2D eigenvalue weighted by Gasteiger charge is -2.32. The third-order valence-electron chi connectivity index (χ3n) is 2.94. The van der Waals surface area contributed by atoms with Crippen molar-refractivity contribution in [2.45, 2.75) is 39.3 Å². The summed E-state index contributed by atoms with van der Waals surface area (Å²) in [6.07, 6.45) is 1.20. The molecule has 1 heterocycles. The molecule has 0 amide bonds. The molecule has 1 fully saturated rings. The Balaban J connectivity index is 1.98. The van der Waals surface area contributed by atoms with Crippen LogP contribution in [0.25, 0.3) is 0 Å². The van der Waals surface area contributed by atoms with E-state index < -0.39 is 0 Å². The number of hydrogen-bond acceptors (Lipinski definition) is 2. The number of aliphatic imine (C=N–C) groups is 1. The lowest BCUT2D eigenvalue weighted by atomic mass is 10.0. The molecule has 92 valence electrons. The van der Waals surface area contributed by atoms with E-state index in [0.29, 0.717) is 0 Å². The Morgan fingerprint density at radius 3 is 2.65 bits per heavy atom. The van der Waals surface area contributed by atoms with Gasteiger partial charge in [-0.2, -0.15) is 0 Å². The summed E-state index contributed by atoms with van der Waals surface area (Å²) in [5.41, 5.74) is 2.76. The zero-order valence-corrected chi connectivity index (χ0v) is 11.6. The molecule has 2 nitrogen and oxygen atoms in total. The summed E-state index contributed by atoms with van der Waals surface area (Å²) in [6.45, 7) is 7.34. The number of rotatable bonds is 2. The van der Waals surface area contributed by atoms with Crippen molar-refractivity contribution in [2.75, 3.05) is 5.75 Å². The van der Waals surface area contributed by atoms with E-state index in [2.05, 4.69) is 55.3 Å². The summed E-state index contributed by atoms with van der Waals surface area (Å²) in [4.78, 5) is 4.65. The SMILES string of the molecule is Cc1ccc(CN=C2NC(C)(C)CCS2)cc1. The summed E-state index contributed by atoms with van der Waals surface area (Å²) in [7, 11) is 0. The molecule has 3 heteroatoms. The Morgan fingerprint density at radius 1 is 1.29 bits per heavy atom. The van der Waals surface area contributed by atoms with E-state index in [1.54, 1.807) is 0 Å². The van der Waals surface area contributed by atoms with Gasteiger partial charge < -0.3 is 5.32 Å². The van der Waals surface area contributed by atoms with Gasteiger partial charge in [0.25, 0.3) is 0 Å². The molecule has 1 aromatic carbocycles. The van der Waals surface area contributed by atoms with Crippen molar-refractivity contribution in [2.24, 2.45) is 4.99 Å². The number of nitrogens with zero attached hydrogens (tertiary/aromatic N) is 1. The van der Waals surface area contributed by atoms with Gasteiger partial charge in [0.15, 0.2) is 5.17 Å². The number of benzene rings is 1. The first-order valence-electron chi connectivity index (χ1n) is 6.06. The average Bonchev–Trinajstić information content (AvgIpc) is 2.27. The molecular weight excluding hydrogens is 228 g/mol. The van der Waals surface area contributed by atoms with E-state index in [4.69, 9.17) is 0 Å². The molecule has 0 aliphatic carbocycles. The summed E-state index contributed by atoms with van der Waals surface area (Å²) < 4.78 is 0. The van der Waals surface area contributed by atoms with Crippen molar-refractivity contribution < 1.29 is 0 Å². The van der Waals surface area contributed by atoms with E-state index >= 15 is 0 Å². The van der Waals surface area contributed by atoms with E-state index in [-0.39, 0.29) is 5.54 Å². The second kappa shape index (κ2) is 5.13. The maximum absolute atomic E-state index is 4.65. The molecule has 1 saturated heterocycles. The Morgan fingerprint density at radius 2 is 2.00 bits per heavy atom. The molecule has 1 aromatic rings. The molecule has 0 atom stereocenters. The van der Waals surface area contributed by atoms with Gasteiger partial charge >= 0.3 is 0 Å². The van der Waals surface area contributed by atoms with E-state index in [1.807, 2.05) is 11.8 Å². The number of thioether (sulfide) groups is 1. The van der Waals surface area contributed by atoms with Gasteiger partial charge in [0.1, 0.15) is 0 Å². The smallest absolute Gasteiger partial charge is 0.157 e. The Kier molecular flexibility index (Phi) is 3.77. The number of hydrogen-bond donors (Lipinski definition) is 1. The zero-order valence-electron chi connectivity index (χ0n) is 10.8. The van der Waals surface area contributed by atoms with Crippen LogP contribution in [0.2, 0.25) is 0 Å². The van der Waals surface area contributed by atoms with Crippen LogP contribution >= 0.6 is 11.8 Å². The predicted molar refractivity (Wildman–Crippen MR) is 76.6 cm³/mol. The van der Waals surface area contributed by atoms with Gasteiger partial charge in [0.2, 0.25) is 0 Å². The summed E-state index contributed by atoms with van der Waals surface area (Å²) in [5.74, 6) is 1.16. The number of aryl methyl sites for hydroxylation is 1. The summed E-state index contributed by atoms with van der Waals surface area (Å²) in [5, 5.41) is 4.57. The van der Waals surface area contributed by atoms with Crippen LogP contribution in [-0.2, 0) is 6.54 Å². The summed E-state index contributed by atoms with van der Waals surface area (Å²) >= 11 is 1.83. The molecule has 0 spiro atoms. The van der Waals surface area contributed by atoms with Crippen molar-refractivity contribution in [3.8, 4) is 0 Å². The third-order valence-corrected chi connectivity index (χ3v) is 3.85. The molecule has 1 aliphatic rings. The fraction of sp³-hybridized carbons (Fsp3) is 0.500. The quantitative estimate of drug-likeness (QED) is 0.868. The predicted octanol–water partition coefficient (Wildman–Crippen LogP) is 3.36. The number of nitrogens with one attached hydrogen (secondary N) is 1. The monoisotopic (exact) mass is 248 g/mol. The topological polar surface area (TPSA) is 24.4 Å². The van der Waals surface area contributed by atoms with E-state index in [1.165, 1.54) is 17.5 Å². The van der Waals surface area contributed by atoms with Gasteiger partial charge in [-0.3, -0.25) is 4.99 Å². The molecule has 0 unspecified atom stereocenters. The molecule has 17 heavy (non-hydrogen) atoms. The lowest BCUT2D eigenvalue weighted by molar-refractivity contribution is 0.446. The molecule has 1 N–H and O–H groups in total. The van der Waals surface area contributed by atoms with Crippen molar-refractivity contribution in [3.63, 3.8) is 0 Å². The zero-order chi connectivity index (χ0) is 12.3. The average molecular weight is 248 g/mol. The van der Waals surface area contributed by atoms with Crippen LogP contribution in [0.4, 0.5) is 0 Å². The van der Waals surface area contributed by atoms with Crippen molar-refractivity contribution in [3.05, 3.63) is 35.4 Å². The highest BCUT2D eigenvalue weighted by molar-refractivity contribution is 8.13. The minimum absolute atomic E-state index is 0.192. The van der Waals surface area contributed by atoms with Gasteiger partial charge in [0.05, 0.1) is 6.54 Å². The van der Waals surface area contributed by atoms with Crippen molar-refractivity contribution >= 4 is 16.9 Å². The molecule has 2 rings (SSSR count). The molecule has 0 saturated carbocycles. The van der Waals surface area contributed by atoms with Crippen LogP contribution in [0.3, 0.4) is 0 Å². The van der Waals surface area contributed by atoms with Crippen molar-refractivity contribution in [1.29, 1.82) is 0 Å². The molecule has 1 aliphatic heterocycles.